The molecule has 2 aliphatic heterocycles. The minimum absolute atomic E-state index is 0.749. The lowest BCUT2D eigenvalue weighted by molar-refractivity contribution is 0.460. The fraction of sp³-hybridized carbons (Fsp3) is 0.500. The van der Waals surface area contributed by atoms with Crippen LogP contribution in [0.1, 0.15) is 36.3 Å². The van der Waals surface area contributed by atoms with E-state index in [0.29, 0.717) is 0 Å². The van der Waals surface area contributed by atoms with E-state index in [1.165, 1.54) is 60.7 Å². The molecule has 0 unspecified atom stereocenters. The quantitative estimate of drug-likeness (QED) is 0.846. The third kappa shape index (κ3) is 1.95. The van der Waals surface area contributed by atoms with Gasteiger partial charge in [0.15, 0.2) is 0 Å². The third-order valence-electron chi connectivity index (χ3n) is 4.68. The predicted molar refractivity (Wildman–Crippen MR) is 82.8 cm³/mol. The predicted octanol–water partition coefficient (Wildman–Crippen LogP) is 3.82. The van der Waals surface area contributed by atoms with Crippen LogP contribution in [0.4, 0.5) is 0 Å². The Morgan fingerprint density at radius 3 is 2.89 bits per heavy atom. The molecule has 0 saturated carbocycles. The highest BCUT2D eigenvalue weighted by Crippen LogP contribution is 2.37. The number of benzene rings is 1. The molecule has 0 radical (unpaired) electrons. The fourth-order valence-electron chi connectivity index (χ4n) is 3.71. The van der Waals surface area contributed by atoms with Crippen molar-refractivity contribution in [2.75, 3.05) is 13.1 Å². The number of halogens is 1. The van der Waals surface area contributed by atoms with Gasteiger partial charge in [0.1, 0.15) is 0 Å². The Morgan fingerprint density at radius 1 is 1.21 bits per heavy atom. The van der Waals surface area contributed by atoms with Crippen LogP contribution >= 0.6 is 15.9 Å². The largest absolute Gasteiger partial charge is 0.346 e. The first-order valence-electron chi connectivity index (χ1n) is 7.35. The molecule has 1 N–H and O–H groups in total. The summed E-state index contributed by atoms with van der Waals surface area (Å²) < 4.78 is 3.69. The zero-order valence-corrected chi connectivity index (χ0v) is 12.7. The van der Waals surface area contributed by atoms with Crippen molar-refractivity contribution in [1.82, 2.24) is 9.88 Å². The van der Waals surface area contributed by atoms with E-state index in [4.69, 9.17) is 0 Å². The number of nitrogens with zero attached hydrogens (tertiary/aromatic N) is 1. The first kappa shape index (κ1) is 12.0. The third-order valence-corrected chi connectivity index (χ3v) is 5.31. The summed E-state index contributed by atoms with van der Waals surface area (Å²) in [4.78, 5) is 0. The lowest BCUT2D eigenvalue weighted by atomic mass is 9.87. The molecule has 0 atom stereocenters. The van der Waals surface area contributed by atoms with Gasteiger partial charge < -0.3 is 9.88 Å². The van der Waals surface area contributed by atoms with Crippen molar-refractivity contribution >= 4 is 26.8 Å². The molecular formula is C16H19BrN2. The van der Waals surface area contributed by atoms with Gasteiger partial charge in [-0.1, -0.05) is 6.07 Å². The van der Waals surface area contributed by atoms with Gasteiger partial charge >= 0.3 is 0 Å². The highest BCUT2D eigenvalue weighted by atomic mass is 79.9. The van der Waals surface area contributed by atoms with Crippen molar-refractivity contribution in [1.29, 1.82) is 0 Å². The van der Waals surface area contributed by atoms with Gasteiger partial charge in [-0.05, 0) is 77.8 Å². The molecule has 4 rings (SSSR count). The number of aromatic nitrogens is 1. The molecule has 1 fully saturated rings. The van der Waals surface area contributed by atoms with Gasteiger partial charge in [-0.3, -0.25) is 0 Å². The van der Waals surface area contributed by atoms with Crippen LogP contribution in [0.2, 0.25) is 0 Å². The lowest BCUT2D eigenvalue weighted by Crippen LogP contribution is -2.26. The van der Waals surface area contributed by atoms with E-state index in [2.05, 4.69) is 44.1 Å². The van der Waals surface area contributed by atoms with Crippen molar-refractivity contribution in [2.24, 2.45) is 0 Å². The topological polar surface area (TPSA) is 17.0 Å². The monoisotopic (exact) mass is 318 g/mol. The zero-order valence-electron chi connectivity index (χ0n) is 11.1. The van der Waals surface area contributed by atoms with Gasteiger partial charge in [-0.2, -0.15) is 0 Å². The summed E-state index contributed by atoms with van der Waals surface area (Å²) in [6, 6.07) is 4.92. The summed E-state index contributed by atoms with van der Waals surface area (Å²) in [5.74, 6) is 0.749. The molecule has 0 amide bonds. The van der Waals surface area contributed by atoms with Crippen LogP contribution in [0.5, 0.6) is 0 Å². The second kappa shape index (κ2) is 4.64. The van der Waals surface area contributed by atoms with Gasteiger partial charge in [0.05, 0.1) is 5.52 Å². The maximum absolute atomic E-state index is 3.75. The Morgan fingerprint density at radius 2 is 2.05 bits per heavy atom. The fourth-order valence-corrected chi connectivity index (χ4v) is 4.26. The highest BCUT2D eigenvalue weighted by molar-refractivity contribution is 9.10. The standard InChI is InChI=1S/C16H19BrN2/c17-15-10-19-7-1-2-12-8-13(9-14(15)16(12)19)11-3-5-18-6-4-11/h8-11,18H,1-7H2. The van der Waals surface area contributed by atoms with Crippen molar-refractivity contribution in [3.63, 3.8) is 0 Å². The molecule has 19 heavy (non-hydrogen) atoms. The molecule has 0 bridgehead atoms. The molecule has 1 aromatic carbocycles. The van der Waals surface area contributed by atoms with Gasteiger partial charge in [-0.15, -0.1) is 0 Å². The average Bonchev–Trinajstić information content (AvgIpc) is 2.78. The van der Waals surface area contributed by atoms with E-state index in [9.17, 15) is 0 Å². The molecule has 3 heterocycles. The second-order valence-corrected chi connectivity index (χ2v) is 6.73. The summed E-state index contributed by atoms with van der Waals surface area (Å²) in [6.07, 6.45) is 7.34. The summed E-state index contributed by atoms with van der Waals surface area (Å²) >= 11 is 3.75. The number of nitrogens with one attached hydrogen (secondary N) is 1. The number of piperidine rings is 1. The van der Waals surface area contributed by atoms with Gasteiger partial charge in [-0.25, -0.2) is 0 Å². The minimum atomic E-state index is 0.749. The molecule has 2 aromatic rings. The van der Waals surface area contributed by atoms with Gasteiger partial charge in [0, 0.05) is 22.6 Å². The lowest BCUT2D eigenvalue weighted by Gasteiger charge is -2.25. The Balaban J connectivity index is 1.87. The number of rotatable bonds is 1. The summed E-state index contributed by atoms with van der Waals surface area (Å²) in [5, 5.41) is 4.89. The van der Waals surface area contributed by atoms with Crippen molar-refractivity contribution < 1.29 is 0 Å². The van der Waals surface area contributed by atoms with E-state index in [1.54, 1.807) is 11.1 Å². The van der Waals surface area contributed by atoms with Gasteiger partial charge in [0.25, 0.3) is 0 Å². The molecule has 1 aromatic heterocycles. The van der Waals surface area contributed by atoms with Crippen LogP contribution in [-0.4, -0.2) is 17.7 Å². The number of hydrogen-bond donors (Lipinski definition) is 1. The average molecular weight is 319 g/mol. The first-order valence-corrected chi connectivity index (χ1v) is 8.14. The van der Waals surface area contributed by atoms with Crippen LogP contribution in [0.3, 0.4) is 0 Å². The molecule has 0 spiro atoms. The highest BCUT2D eigenvalue weighted by Gasteiger charge is 2.20. The maximum atomic E-state index is 3.75. The van der Waals surface area contributed by atoms with Gasteiger partial charge in [0.2, 0.25) is 0 Å². The van der Waals surface area contributed by atoms with Crippen molar-refractivity contribution in [3.05, 3.63) is 33.9 Å². The van der Waals surface area contributed by atoms with Crippen molar-refractivity contribution in [2.45, 2.75) is 38.1 Å². The van der Waals surface area contributed by atoms with Crippen LogP contribution < -0.4 is 5.32 Å². The Kier molecular flexibility index (Phi) is 2.92. The van der Waals surface area contributed by atoms with Crippen LogP contribution in [0, 0.1) is 0 Å². The Bertz CT molecular complexity index is 623. The second-order valence-electron chi connectivity index (χ2n) is 5.87. The normalized spacial score (nSPS) is 20.1. The Hall–Kier alpha value is -0.800. The van der Waals surface area contributed by atoms with E-state index in [1.807, 2.05) is 0 Å². The number of aryl methyl sites for hydroxylation is 2. The molecule has 2 nitrogen and oxygen atoms in total. The first-order chi connectivity index (χ1) is 9.33. The molecule has 100 valence electrons. The maximum Gasteiger partial charge on any atom is 0.0524 e. The molecule has 1 saturated heterocycles. The van der Waals surface area contributed by atoms with Crippen LogP contribution in [-0.2, 0) is 13.0 Å². The minimum Gasteiger partial charge on any atom is -0.346 e. The number of hydrogen-bond acceptors (Lipinski definition) is 1. The summed E-state index contributed by atoms with van der Waals surface area (Å²) in [5.41, 5.74) is 4.59. The van der Waals surface area contributed by atoms with Crippen LogP contribution in [0.25, 0.3) is 10.9 Å². The van der Waals surface area contributed by atoms with E-state index < -0.39 is 0 Å². The smallest absolute Gasteiger partial charge is 0.0524 e. The molecule has 0 aliphatic carbocycles. The Labute approximate surface area is 122 Å². The van der Waals surface area contributed by atoms with E-state index in [0.717, 1.165) is 5.92 Å². The van der Waals surface area contributed by atoms with E-state index in [-0.39, 0.29) is 0 Å². The molecule has 3 heteroatoms. The van der Waals surface area contributed by atoms with Crippen LogP contribution in [0.15, 0.2) is 22.8 Å². The SMILES string of the molecule is Brc1cn2c3c(cc(C4CCNCC4)cc13)CCC2. The summed E-state index contributed by atoms with van der Waals surface area (Å²) in [6.45, 7) is 3.50. The zero-order chi connectivity index (χ0) is 12.8. The molecular weight excluding hydrogens is 300 g/mol. The molecule has 2 aliphatic rings. The van der Waals surface area contributed by atoms with E-state index >= 15 is 0 Å². The summed E-state index contributed by atoms with van der Waals surface area (Å²) in [7, 11) is 0. The van der Waals surface area contributed by atoms with Crippen molar-refractivity contribution in [3.8, 4) is 0 Å².